The summed E-state index contributed by atoms with van der Waals surface area (Å²) in [6.07, 6.45) is 2.15. The molecule has 2 aromatic rings. The van der Waals surface area contributed by atoms with E-state index in [0.717, 1.165) is 11.8 Å². The number of carboxylic acid groups (broad SMARTS) is 1. The number of halogens is 1. The second-order valence-corrected chi connectivity index (χ2v) is 5.86. The second-order valence-electron chi connectivity index (χ2n) is 4.44. The van der Waals surface area contributed by atoms with Crippen molar-refractivity contribution in [3.05, 3.63) is 39.5 Å². The van der Waals surface area contributed by atoms with E-state index in [4.69, 9.17) is 16.3 Å². The van der Waals surface area contributed by atoms with E-state index in [1.54, 1.807) is 18.2 Å². The summed E-state index contributed by atoms with van der Waals surface area (Å²) in [5, 5.41) is 18.7. The van der Waals surface area contributed by atoms with Gasteiger partial charge in [-0.3, -0.25) is 5.10 Å². The maximum Gasteiger partial charge on any atom is 0.213 e. The zero-order valence-corrected chi connectivity index (χ0v) is 14.2. The van der Waals surface area contributed by atoms with Crippen LogP contribution < -0.4 is 9.84 Å². The van der Waals surface area contributed by atoms with Gasteiger partial charge in [-0.05, 0) is 42.5 Å². The van der Waals surface area contributed by atoms with Crippen molar-refractivity contribution in [2.45, 2.75) is 25.4 Å². The number of hydrogen-bond donors (Lipinski definition) is 1. The van der Waals surface area contributed by atoms with Gasteiger partial charge in [0.15, 0.2) is 0 Å². The number of thioether (sulfide) groups is 1. The molecule has 0 atom stereocenters. The van der Waals surface area contributed by atoms with Gasteiger partial charge in [0.1, 0.15) is 11.6 Å². The van der Waals surface area contributed by atoms with Gasteiger partial charge in [0.25, 0.3) is 0 Å². The number of rotatable bonds is 7. The summed E-state index contributed by atoms with van der Waals surface area (Å²) in [7, 11) is 0. The van der Waals surface area contributed by atoms with E-state index in [-0.39, 0.29) is 4.91 Å². The molecule has 0 amide bonds. The van der Waals surface area contributed by atoms with Crippen LogP contribution in [0.25, 0.3) is 6.08 Å². The quantitative estimate of drug-likeness (QED) is 0.607. The minimum atomic E-state index is -1.30. The lowest BCUT2D eigenvalue weighted by Gasteiger charge is -2.08. The van der Waals surface area contributed by atoms with Crippen molar-refractivity contribution >= 4 is 35.4 Å². The molecule has 1 heterocycles. The Morgan fingerprint density at radius 3 is 2.83 bits per heavy atom. The summed E-state index contributed by atoms with van der Waals surface area (Å²) in [6, 6.07) is 5.04. The van der Waals surface area contributed by atoms with Crippen LogP contribution in [-0.2, 0) is 11.2 Å². The Balaban J connectivity index is 2.24. The number of carbonyl (C=O) groups is 1. The first-order valence-electron chi connectivity index (χ1n) is 6.98. The lowest BCUT2D eigenvalue weighted by atomic mass is 10.2. The number of aryl methyl sites for hydroxylation is 1. The van der Waals surface area contributed by atoms with E-state index >= 15 is 0 Å². The Kier molecular flexibility index (Phi) is 6.06. The summed E-state index contributed by atoms with van der Waals surface area (Å²) in [5.74, 6) is -0.0623. The van der Waals surface area contributed by atoms with Gasteiger partial charge in [0, 0.05) is 11.3 Å². The molecule has 0 spiro atoms. The van der Waals surface area contributed by atoms with Crippen LogP contribution in [0.5, 0.6) is 5.75 Å². The number of nitrogens with zero attached hydrogens (tertiary/aromatic N) is 2. The van der Waals surface area contributed by atoms with Crippen LogP contribution in [0.4, 0.5) is 0 Å². The average Bonchev–Trinajstić information content (AvgIpc) is 2.97. The SMILES string of the molecule is CCOc1ccc(/C=C(\Sc2n[nH]c(CC)n2)C(=O)[O-])cc1Cl. The fraction of sp³-hybridized carbons (Fsp3) is 0.267. The Bertz CT molecular complexity index is 731. The lowest BCUT2D eigenvalue weighted by molar-refractivity contribution is -0.297. The monoisotopic (exact) mass is 352 g/mol. The summed E-state index contributed by atoms with van der Waals surface area (Å²) in [5.41, 5.74) is 0.622. The van der Waals surface area contributed by atoms with Crippen LogP contribution >= 0.6 is 23.4 Å². The maximum atomic E-state index is 11.3. The Hall–Kier alpha value is -1.99. The van der Waals surface area contributed by atoms with Crippen LogP contribution in [0.3, 0.4) is 0 Å². The zero-order chi connectivity index (χ0) is 16.8. The predicted octanol–water partition coefficient (Wildman–Crippen LogP) is 2.30. The number of benzene rings is 1. The minimum absolute atomic E-state index is 0.00752. The van der Waals surface area contributed by atoms with E-state index in [1.165, 1.54) is 6.08 Å². The molecular weight excluding hydrogens is 338 g/mol. The van der Waals surface area contributed by atoms with Gasteiger partial charge < -0.3 is 14.6 Å². The largest absolute Gasteiger partial charge is 0.544 e. The number of aromatic amines is 1. The number of H-pyrrole nitrogens is 1. The molecule has 1 N–H and O–H groups in total. The van der Waals surface area contributed by atoms with E-state index in [9.17, 15) is 9.90 Å². The molecule has 1 aromatic carbocycles. The molecule has 2 rings (SSSR count). The number of nitrogens with one attached hydrogen (secondary N) is 1. The van der Waals surface area contributed by atoms with Crippen LogP contribution in [0.2, 0.25) is 5.02 Å². The highest BCUT2D eigenvalue weighted by molar-refractivity contribution is 8.04. The topological polar surface area (TPSA) is 90.9 Å². The highest BCUT2D eigenvalue weighted by Gasteiger charge is 2.09. The van der Waals surface area contributed by atoms with Crippen LogP contribution in [0.1, 0.15) is 25.2 Å². The summed E-state index contributed by atoms with van der Waals surface area (Å²) < 4.78 is 5.34. The summed E-state index contributed by atoms with van der Waals surface area (Å²) in [4.78, 5) is 15.5. The normalized spacial score (nSPS) is 11.5. The molecule has 0 unspecified atom stereocenters. The Morgan fingerprint density at radius 2 is 2.26 bits per heavy atom. The van der Waals surface area contributed by atoms with E-state index in [0.29, 0.717) is 40.3 Å². The van der Waals surface area contributed by atoms with Crippen molar-refractivity contribution < 1.29 is 14.6 Å². The third-order valence-electron chi connectivity index (χ3n) is 2.80. The average molecular weight is 353 g/mol. The molecule has 23 heavy (non-hydrogen) atoms. The highest BCUT2D eigenvalue weighted by Crippen LogP contribution is 2.29. The fourth-order valence-electron chi connectivity index (χ4n) is 1.74. The van der Waals surface area contributed by atoms with Gasteiger partial charge in [-0.2, -0.15) is 0 Å². The number of aromatic nitrogens is 3. The molecule has 6 nitrogen and oxygen atoms in total. The molecule has 0 aliphatic carbocycles. The first kappa shape index (κ1) is 17.4. The molecule has 122 valence electrons. The molecular formula is C15H15ClN3O3S-. The minimum Gasteiger partial charge on any atom is -0.544 e. The first-order chi connectivity index (χ1) is 11.0. The fourth-order valence-corrected chi connectivity index (χ4v) is 2.71. The van der Waals surface area contributed by atoms with E-state index < -0.39 is 5.97 Å². The first-order valence-corrected chi connectivity index (χ1v) is 8.17. The molecule has 0 fully saturated rings. The van der Waals surface area contributed by atoms with Crippen LogP contribution in [0.15, 0.2) is 28.3 Å². The van der Waals surface area contributed by atoms with Crippen molar-refractivity contribution in [2.75, 3.05) is 6.61 Å². The molecule has 0 aliphatic rings. The number of aliphatic carboxylic acids is 1. The molecule has 0 saturated heterocycles. The summed E-state index contributed by atoms with van der Waals surface area (Å²) in [6.45, 7) is 4.28. The van der Waals surface area contributed by atoms with Crippen LogP contribution in [0, 0.1) is 0 Å². The Labute approximate surface area is 142 Å². The van der Waals surface area contributed by atoms with Gasteiger partial charge >= 0.3 is 0 Å². The molecule has 8 heteroatoms. The zero-order valence-electron chi connectivity index (χ0n) is 12.6. The number of carbonyl (C=O) groups excluding carboxylic acids is 1. The van der Waals surface area contributed by atoms with E-state index in [1.807, 2.05) is 13.8 Å². The smallest absolute Gasteiger partial charge is 0.213 e. The molecule has 0 radical (unpaired) electrons. The lowest BCUT2D eigenvalue weighted by Crippen LogP contribution is -2.23. The van der Waals surface area contributed by atoms with Gasteiger partial charge in [-0.1, -0.05) is 24.6 Å². The third kappa shape index (κ3) is 4.74. The molecule has 0 saturated carbocycles. The number of hydrogen-bond acceptors (Lipinski definition) is 6. The second kappa shape index (κ2) is 8.03. The maximum absolute atomic E-state index is 11.3. The Morgan fingerprint density at radius 1 is 1.48 bits per heavy atom. The van der Waals surface area contributed by atoms with Crippen LogP contribution in [-0.4, -0.2) is 27.8 Å². The van der Waals surface area contributed by atoms with Crippen molar-refractivity contribution in [3.8, 4) is 5.75 Å². The van der Waals surface area contributed by atoms with Crippen molar-refractivity contribution in [2.24, 2.45) is 0 Å². The van der Waals surface area contributed by atoms with Gasteiger partial charge in [-0.15, -0.1) is 5.10 Å². The van der Waals surface area contributed by atoms with Gasteiger partial charge in [-0.25, -0.2) is 4.98 Å². The standard InChI is InChI=1S/C15H16ClN3O3S/c1-3-13-17-15(19-18-13)23-12(14(20)21)8-9-5-6-11(22-4-2)10(16)7-9/h5-8H,3-4H2,1-2H3,(H,20,21)(H,17,18,19)/p-1/b12-8-. The van der Waals surface area contributed by atoms with E-state index in [2.05, 4.69) is 15.2 Å². The van der Waals surface area contributed by atoms with Gasteiger partial charge in [0.05, 0.1) is 17.6 Å². The molecule has 0 bridgehead atoms. The predicted molar refractivity (Wildman–Crippen MR) is 87.2 cm³/mol. The molecule has 0 aliphatic heterocycles. The number of carboxylic acids is 1. The highest BCUT2D eigenvalue weighted by atomic mass is 35.5. The van der Waals surface area contributed by atoms with Crippen molar-refractivity contribution in [3.63, 3.8) is 0 Å². The van der Waals surface area contributed by atoms with Crippen molar-refractivity contribution in [1.29, 1.82) is 0 Å². The van der Waals surface area contributed by atoms with Gasteiger partial charge in [0.2, 0.25) is 5.16 Å². The molecule has 1 aromatic heterocycles. The summed E-state index contributed by atoms with van der Waals surface area (Å²) >= 11 is 7.02. The number of ether oxygens (including phenoxy) is 1. The third-order valence-corrected chi connectivity index (χ3v) is 3.97. The van der Waals surface area contributed by atoms with Crippen molar-refractivity contribution in [1.82, 2.24) is 15.2 Å².